The topological polar surface area (TPSA) is 88.8 Å². The molecule has 0 amide bonds. The zero-order valence-electron chi connectivity index (χ0n) is 14.6. The molecule has 0 saturated heterocycles. The van der Waals surface area contributed by atoms with Crippen LogP contribution >= 0.6 is 24.0 Å². The highest BCUT2D eigenvalue weighted by atomic mass is 127. The average Bonchev–Trinajstić information content (AvgIpc) is 2.86. The van der Waals surface area contributed by atoms with Crippen molar-refractivity contribution in [1.29, 1.82) is 0 Å². The predicted molar refractivity (Wildman–Crippen MR) is 100 cm³/mol. The summed E-state index contributed by atoms with van der Waals surface area (Å²) in [5, 5.41) is 9.93. The number of aliphatic imine (C=N–C) groups is 1. The molecule has 0 fully saturated rings. The fourth-order valence-electron chi connectivity index (χ4n) is 1.61. The second-order valence-electron chi connectivity index (χ2n) is 6.24. The Morgan fingerprint density at radius 1 is 1.39 bits per heavy atom. The molecule has 132 valence electrons. The van der Waals surface area contributed by atoms with Crippen LogP contribution in [0.15, 0.2) is 15.6 Å². The standard InChI is InChI=1S/C15H26N4O3.HI/c1-10(2)12-7-11(22-19-12)8-17-14(16-6)18-9-13(20)21-15(3,4)5;/h7,10H,8-9H2,1-6H3,(H2,16,17,18);1H. The van der Waals surface area contributed by atoms with E-state index in [1.165, 1.54) is 0 Å². The Bertz CT molecular complexity index is 521. The van der Waals surface area contributed by atoms with Crippen LogP contribution in [0, 0.1) is 0 Å². The van der Waals surface area contributed by atoms with Gasteiger partial charge in [0.2, 0.25) is 0 Å². The molecule has 0 radical (unpaired) electrons. The molecule has 0 aliphatic rings. The lowest BCUT2D eigenvalue weighted by molar-refractivity contribution is -0.153. The summed E-state index contributed by atoms with van der Waals surface area (Å²) in [6.07, 6.45) is 0. The summed E-state index contributed by atoms with van der Waals surface area (Å²) in [6.45, 7) is 10.1. The van der Waals surface area contributed by atoms with Crippen molar-refractivity contribution in [2.75, 3.05) is 13.6 Å². The van der Waals surface area contributed by atoms with Gasteiger partial charge in [-0.25, -0.2) is 0 Å². The first kappa shape index (κ1) is 21.7. The lowest BCUT2D eigenvalue weighted by atomic mass is 10.1. The van der Waals surface area contributed by atoms with Crippen molar-refractivity contribution in [2.24, 2.45) is 4.99 Å². The van der Waals surface area contributed by atoms with E-state index in [9.17, 15) is 4.79 Å². The number of halogens is 1. The van der Waals surface area contributed by atoms with E-state index in [2.05, 4.69) is 34.6 Å². The molecule has 0 unspecified atom stereocenters. The highest BCUT2D eigenvalue weighted by molar-refractivity contribution is 14.0. The zero-order chi connectivity index (χ0) is 16.8. The van der Waals surface area contributed by atoms with Crippen molar-refractivity contribution >= 4 is 35.9 Å². The minimum Gasteiger partial charge on any atom is -0.459 e. The number of carbonyl (C=O) groups is 1. The van der Waals surface area contributed by atoms with Gasteiger partial charge in [0.15, 0.2) is 11.7 Å². The number of esters is 1. The van der Waals surface area contributed by atoms with Crippen molar-refractivity contribution in [3.8, 4) is 0 Å². The van der Waals surface area contributed by atoms with Gasteiger partial charge in [-0.2, -0.15) is 0 Å². The maximum atomic E-state index is 11.6. The number of nitrogens with zero attached hydrogens (tertiary/aromatic N) is 2. The van der Waals surface area contributed by atoms with Crippen LogP contribution in [0.1, 0.15) is 52.0 Å². The van der Waals surface area contributed by atoms with Crippen molar-refractivity contribution < 1.29 is 14.1 Å². The minimum atomic E-state index is -0.497. The number of nitrogens with one attached hydrogen (secondary N) is 2. The van der Waals surface area contributed by atoms with Gasteiger partial charge in [0, 0.05) is 13.1 Å². The molecule has 1 aromatic heterocycles. The average molecular weight is 438 g/mol. The summed E-state index contributed by atoms with van der Waals surface area (Å²) in [6, 6.07) is 1.90. The van der Waals surface area contributed by atoms with Gasteiger partial charge in [0.05, 0.1) is 12.2 Å². The summed E-state index contributed by atoms with van der Waals surface area (Å²) < 4.78 is 10.4. The van der Waals surface area contributed by atoms with Crippen LogP contribution < -0.4 is 10.6 Å². The first-order valence-corrected chi connectivity index (χ1v) is 7.33. The molecular formula is C15H27IN4O3. The Balaban J connectivity index is 0.00000484. The van der Waals surface area contributed by atoms with Crippen LogP contribution in [-0.2, 0) is 16.1 Å². The first-order valence-electron chi connectivity index (χ1n) is 7.33. The predicted octanol–water partition coefficient (Wildman–Crippen LogP) is 2.42. The molecule has 1 heterocycles. The Labute approximate surface area is 154 Å². The smallest absolute Gasteiger partial charge is 0.325 e. The number of rotatable bonds is 5. The molecule has 8 heteroatoms. The summed E-state index contributed by atoms with van der Waals surface area (Å²) in [7, 11) is 1.63. The lowest BCUT2D eigenvalue weighted by Gasteiger charge is -2.20. The number of aromatic nitrogens is 1. The van der Waals surface area contributed by atoms with Crippen molar-refractivity contribution in [3.05, 3.63) is 17.5 Å². The first-order chi connectivity index (χ1) is 10.2. The van der Waals surface area contributed by atoms with Gasteiger partial charge >= 0.3 is 5.97 Å². The monoisotopic (exact) mass is 438 g/mol. The molecule has 0 saturated carbocycles. The van der Waals surface area contributed by atoms with E-state index in [4.69, 9.17) is 9.26 Å². The normalized spacial score (nSPS) is 11.9. The van der Waals surface area contributed by atoms with E-state index in [0.717, 1.165) is 5.69 Å². The van der Waals surface area contributed by atoms with Crippen LogP contribution in [0.2, 0.25) is 0 Å². The third-order valence-electron chi connectivity index (χ3n) is 2.64. The van der Waals surface area contributed by atoms with E-state index in [1.54, 1.807) is 7.05 Å². The molecule has 2 N–H and O–H groups in total. The Hall–Kier alpha value is -1.32. The summed E-state index contributed by atoms with van der Waals surface area (Å²) in [5.41, 5.74) is 0.413. The van der Waals surface area contributed by atoms with Gasteiger partial charge in [0.25, 0.3) is 0 Å². The van der Waals surface area contributed by atoms with Crippen LogP contribution in [0.25, 0.3) is 0 Å². The van der Waals surface area contributed by atoms with Gasteiger partial charge in [-0.05, 0) is 26.7 Å². The number of carbonyl (C=O) groups excluding carboxylic acids is 1. The maximum absolute atomic E-state index is 11.6. The van der Waals surface area contributed by atoms with E-state index < -0.39 is 5.60 Å². The van der Waals surface area contributed by atoms with E-state index in [-0.39, 0.29) is 36.5 Å². The molecule has 0 aromatic carbocycles. The van der Waals surface area contributed by atoms with Gasteiger partial charge < -0.3 is 19.9 Å². The lowest BCUT2D eigenvalue weighted by Crippen LogP contribution is -2.41. The quantitative estimate of drug-likeness (QED) is 0.318. The number of hydrogen-bond acceptors (Lipinski definition) is 5. The van der Waals surface area contributed by atoms with Gasteiger partial charge in [0.1, 0.15) is 12.1 Å². The second kappa shape index (κ2) is 9.74. The van der Waals surface area contributed by atoms with Gasteiger partial charge in [-0.3, -0.25) is 9.79 Å². The fourth-order valence-corrected chi connectivity index (χ4v) is 1.61. The SMILES string of the molecule is CN=C(NCC(=O)OC(C)(C)C)NCc1cc(C(C)C)no1.I. The zero-order valence-corrected chi connectivity index (χ0v) is 16.9. The molecule has 7 nitrogen and oxygen atoms in total. The van der Waals surface area contributed by atoms with Gasteiger partial charge in [-0.15, -0.1) is 24.0 Å². The second-order valence-corrected chi connectivity index (χ2v) is 6.24. The summed E-state index contributed by atoms with van der Waals surface area (Å²) in [4.78, 5) is 15.7. The highest BCUT2D eigenvalue weighted by Crippen LogP contribution is 2.13. The van der Waals surface area contributed by atoms with E-state index in [0.29, 0.717) is 24.2 Å². The molecule has 0 atom stereocenters. The molecule has 0 aliphatic carbocycles. The maximum Gasteiger partial charge on any atom is 0.325 e. The van der Waals surface area contributed by atoms with E-state index >= 15 is 0 Å². The number of guanidine groups is 1. The number of hydrogen-bond donors (Lipinski definition) is 2. The molecule has 1 rings (SSSR count). The number of ether oxygens (including phenoxy) is 1. The van der Waals surface area contributed by atoms with Crippen molar-refractivity contribution in [2.45, 2.75) is 52.7 Å². The highest BCUT2D eigenvalue weighted by Gasteiger charge is 2.16. The molecule has 1 aromatic rings. The summed E-state index contributed by atoms with van der Waals surface area (Å²) in [5.74, 6) is 1.19. The van der Waals surface area contributed by atoms with Crippen molar-refractivity contribution in [3.63, 3.8) is 0 Å². The summed E-state index contributed by atoms with van der Waals surface area (Å²) >= 11 is 0. The van der Waals surface area contributed by atoms with Crippen molar-refractivity contribution in [1.82, 2.24) is 15.8 Å². The van der Waals surface area contributed by atoms with Gasteiger partial charge in [-0.1, -0.05) is 19.0 Å². The molecule has 0 bridgehead atoms. The Kier molecular flexibility index (Phi) is 9.18. The van der Waals surface area contributed by atoms with Crippen LogP contribution in [0.5, 0.6) is 0 Å². The van der Waals surface area contributed by atoms with Crippen LogP contribution in [0.3, 0.4) is 0 Å². The Morgan fingerprint density at radius 2 is 2.04 bits per heavy atom. The fraction of sp³-hybridized carbons (Fsp3) is 0.667. The molecule has 23 heavy (non-hydrogen) atoms. The molecule has 0 spiro atoms. The Morgan fingerprint density at radius 3 is 2.52 bits per heavy atom. The third kappa shape index (κ3) is 8.77. The van der Waals surface area contributed by atoms with E-state index in [1.807, 2.05) is 26.8 Å². The van der Waals surface area contributed by atoms with Crippen LogP contribution in [0.4, 0.5) is 0 Å². The molecule has 0 aliphatic heterocycles. The third-order valence-corrected chi connectivity index (χ3v) is 2.64. The largest absolute Gasteiger partial charge is 0.459 e. The molecular weight excluding hydrogens is 411 g/mol. The van der Waals surface area contributed by atoms with Crippen LogP contribution in [-0.4, -0.2) is 36.3 Å². The minimum absolute atomic E-state index is 0.